The second kappa shape index (κ2) is 5.44. The molecule has 0 fully saturated rings. The Labute approximate surface area is 135 Å². The van der Waals surface area contributed by atoms with Crippen LogP contribution in [0.15, 0.2) is 12.1 Å². The molecule has 0 spiro atoms. The van der Waals surface area contributed by atoms with Crippen molar-refractivity contribution in [2.75, 3.05) is 11.1 Å². The van der Waals surface area contributed by atoms with E-state index in [1.807, 2.05) is 0 Å². The molecule has 23 heavy (non-hydrogen) atoms. The van der Waals surface area contributed by atoms with Crippen molar-refractivity contribution in [2.24, 2.45) is 0 Å². The van der Waals surface area contributed by atoms with E-state index in [1.54, 1.807) is 0 Å². The summed E-state index contributed by atoms with van der Waals surface area (Å²) in [6, 6.07) is 4.50. The third-order valence-corrected chi connectivity index (χ3v) is 4.20. The lowest BCUT2D eigenvalue weighted by molar-refractivity contribution is 0.206. The van der Waals surface area contributed by atoms with E-state index in [2.05, 4.69) is 46.2 Å². The minimum absolute atomic E-state index is 0.0295. The summed E-state index contributed by atoms with van der Waals surface area (Å²) in [5.41, 5.74) is 9.23. The van der Waals surface area contributed by atoms with Gasteiger partial charge in [0.15, 0.2) is 11.5 Å². The van der Waals surface area contributed by atoms with Gasteiger partial charge < -0.3 is 11.1 Å². The standard InChI is InChI=1S/C17H22FN5/c1-9-7-10(2)11-5-6-13(12(11)8-9)20-16-22-14(17(3,4)18)21-15(19)23-16/h7-8,13H,5-6H2,1-4H3,(H3,19,20,21,22,23). The van der Waals surface area contributed by atoms with E-state index >= 15 is 0 Å². The summed E-state index contributed by atoms with van der Waals surface area (Å²) in [6.45, 7) is 7.04. The van der Waals surface area contributed by atoms with Gasteiger partial charge in [0.05, 0.1) is 6.04 Å². The molecule has 1 atom stereocenters. The number of nitrogens with zero attached hydrogens (tertiary/aromatic N) is 3. The Morgan fingerprint density at radius 2 is 1.96 bits per heavy atom. The molecular weight excluding hydrogens is 293 g/mol. The maximum absolute atomic E-state index is 14.1. The van der Waals surface area contributed by atoms with E-state index in [4.69, 9.17) is 5.73 Å². The largest absolute Gasteiger partial charge is 0.368 e. The van der Waals surface area contributed by atoms with Crippen LogP contribution < -0.4 is 11.1 Å². The lowest BCUT2D eigenvalue weighted by atomic mass is 10.00. The summed E-state index contributed by atoms with van der Waals surface area (Å²) in [7, 11) is 0. The molecule has 0 amide bonds. The zero-order valence-corrected chi connectivity index (χ0v) is 13.9. The molecule has 0 aliphatic heterocycles. The topological polar surface area (TPSA) is 76.7 Å². The summed E-state index contributed by atoms with van der Waals surface area (Å²) >= 11 is 0. The van der Waals surface area contributed by atoms with Crippen molar-refractivity contribution in [3.05, 3.63) is 40.2 Å². The van der Waals surface area contributed by atoms with Crippen LogP contribution in [0.5, 0.6) is 0 Å². The van der Waals surface area contributed by atoms with E-state index in [1.165, 1.54) is 36.1 Å². The van der Waals surface area contributed by atoms with Crippen LogP contribution in [-0.4, -0.2) is 15.0 Å². The van der Waals surface area contributed by atoms with Crippen molar-refractivity contribution < 1.29 is 4.39 Å². The molecule has 1 unspecified atom stereocenters. The Morgan fingerprint density at radius 3 is 2.65 bits per heavy atom. The van der Waals surface area contributed by atoms with Crippen LogP contribution in [0.2, 0.25) is 0 Å². The van der Waals surface area contributed by atoms with Crippen LogP contribution in [0.3, 0.4) is 0 Å². The third-order valence-electron chi connectivity index (χ3n) is 4.20. The molecule has 1 aliphatic rings. The smallest absolute Gasteiger partial charge is 0.228 e. The van der Waals surface area contributed by atoms with Crippen molar-refractivity contribution in [1.29, 1.82) is 0 Å². The van der Waals surface area contributed by atoms with Gasteiger partial charge in [0.1, 0.15) is 0 Å². The van der Waals surface area contributed by atoms with Crippen LogP contribution in [0.4, 0.5) is 16.3 Å². The highest BCUT2D eigenvalue weighted by Crippen LogP contribution is 2.36. The van der Waals surface area contributed by atoms with E-state index in [9.17, 15) is 4.39 Å². The second-order valence-electron chi connectivity index (χ2n) is 6.70. The number of nitrogens with one attached hydrogen (secondary N) is 1. The number of aromatic nitrogens is 3. The molecule has 6 heteroatoms. The Kier molecular flexibility index (Phi) is 3.70. The van der Waals surface area contributed by atoms with Gasteiger partial charge in [0.2, 0.25) is 11.9 Å². The molecule has 0 saturated carbocycles. The predicted octanol–water partition coefficient (Wildman–Crippen LogP) is 3.37. The molecule has 0 radical (unpaired) electrons. The fourth-order valence-corrected chi connectivity index (χ4v) is 3.16. The molecule has 0 bridgehead atoms. The number of fused-ring (bicyclic) bond motifs is 1. The first-order valence-corrected chi connectivity index (χ1v) is 7.81. The first-order chi connectivity index (χ1) is 10.7. The number of hydrogen-bond donors (Lipinski definition) is 2. The minimum Gasteiger partial charge on any atom is -0.368 e. The van der Waals surface area contributed by atoms with Gasteiger partial charge in [0.25, 0.3) is 0 Å². The Bertz CT molecular complexity index is 751. The SMILES string of the molecule is Cc1cc(C)c2c(c1)C(Nc1nc(N)nc(C(C)(C)F)n1)CC2. The number of nitrogen functional groups attached to an aromatic ring is 1. The third kappa shape index (κ3) is 3.11. The van der Waals surface area contributed by atoms with E-state index in [0.717, 1.165) is 12.8 Å². The zero-order valence-electron chi connectivity index (χ0n) is 13.9. The van der Waals surface area contributed by atoms with E-state index in [-0.39, 0.29) is 17.8 Å². The van der Waals surface area contributed by atoms with Crippen molar-refractivity contribution in [2.45, 2.75) is 52.2 Å². The first-order valence-electron chi connectivity index (χ1n) is 7.81. The molecule has 2 aromatic rings. The number of aryl methyl sites for hydroxylation is 2. The van der Waals surface area contributed by atoms with E-state index in [0.29, 0.717) is 5.95 Å². The van der Waals surface area contributed by atoms with Crippen LogP contribution in [0, 0.1) is 13.8 Å². The first kappa shape index (κ1) is 15.6. The number of benzene rings is 1. The van der Waals surface area contributed by atoms with Gasteiger partial charge in [-0.05, 0) is 57.2 Å². The number of nitrogens with two attached hydrogens (primary N) is 1. The monoisotopic (exact) mass is 315 g/mol. The quantitative estimate of drug-likeness (QED) is 0.908. The molecule has 1 aromatic carbocycles. The lowest BCUT2D eigenvalue weighted by Crippen LogP contribution is -2.19. The molecule has 0 saturated heterocycles. The van der Waals surface area contributed by atoms with Crippen molar-refractivity contribution in [3.8, 4) is 0 Å². The highest BCUT2D eigenvalue weighted by atomic mass is 19.1. The molecule has 3 N–H and O–H groups in total. The maximum atomic E-state index is 14.1. The molecular formula is C17H22FN5. The minimum atomic E-state index is -1.66. The van der Waals surface area contributed by atoms with Crippen molar-refractivity contribution >= 4 is 11.9 Å². The van der Waals surface area contributed by atoms with Crippen LogP contribution in [0.1, 0.15) is 54.4 Å². The fourth-order valence-electron chi connectivity index (χ4n) is 3.16. The second-order valence-corrected chi connectivity index (χ2v) is 6.70. The lowest BCUT2D eigenvalue weighted by Gasteiger charge is -2.18. The van der Waals surface area contributed by atoms with Gasteiger partial charge in [0, 0.05) is 0 Å². The molecule has 1 heterocycles. The molecule has 122 valence electrons. The van der Waals surface area contributed by atoms with Crippen LogP contribution in [-0.2, 0) is 12.1 Å². The van der Waals surface area contributed by atoms with Crippen molar-refractivity contribution in [1.82, 2.24) is 15.0 Å². The molecule has 1 aliphatic carbocycles. The van der Waals surface area contributed by atoms with Gasteiger partial charge >= 0.3 is 0 Å². The van der Waals surface area contributed by atoms with Gasteiger partial charge in [-0.3, -0.25) is 0 Å². The molecule has 5 nitrogen and oxygen atoms in total. The highest BCUT2D eigenvalue weighted by Gasteiger charge is 2.27. The van der Waals surface area contributed by atoms with Gasteiger partial charge in [-0.1, -0.05) is 17.7 Å². The number of alkyl halides is 1. The summed E-state index contributed by atoms with van der Waals surface area (Å²) in [4.78, 5) is 12.2. The average Bonchev–Trinajstić information content (AvgIpc) is 2.80. The maximum Gasteiger partial charge on any atom is 0.228 e. The zero-order chi connectivity index (χ0) is 16.8. The number of rotatable bonds is 3. The number of hydrogen-bond acceptors (Lipinski definition) is 5. The summed E-state index contributed by atoms with van der Waals surface area (Å²) in [5.74, 6) is 0.406. The summed E-state index contributed by atoms with van der Waals surface area (Å²) in [5, 5.41) is 3.30. The fraction of sp³-hybridized carbons (Fsp3) is 0.471. The Morgan fingerprint density at radius 1 is 1.22 bits per heavy atom. The van der Waals surface area contributed by atoms with Gasteiger partial charge in [-0.15, -0.1) is 0 Å². The molecule has 1 aromatic heterocycles. The number of anilines is 2. The average molecular weight is 315 g/mol. The highest BCUT2D eigenvalue weighted by molar-refractivity contribution is 5.47. The van der Waals surface area contributed by atoms with E-state index < -0.39 is 5.67 Å². The molecule has 3 rings (SSSR count). The van der Waals surface area contributed by atoms with Gasteiger partial charge in [-0.25, -0.2) is 4.39 Å². The number of halogens is 1. The Hall–Kier alpha value is -2.24. The summed E-state index contributed by atoms with van der Waals surface area (Å²) < 4.78 is 14.1. The summed E-state index contributed by atoms with van der Waals surface area (Å²) in [6.07, 6.45) is 1.97. The predicted molar refractivity (Wildman–Crippen MR) is 89.0 cm³/mol. The van der Waals surface area contributed by atoms with Gasteiger partial charge in [-0.2, -0.15) is 15.0 Å². The van der Waals surface area contributed by atoms with Crippen LogP contribution >= 0.6 is 0 Å². The van der Waals surface area contributed by atoms with Crippen LogP contribution in [0.25, 0.3) is 0 Å². The Balaban J connectivity index is 1.92. The normalized spacial score (nSPS) is 17.2. The van der Waals surface area contributed by atoms with Crippen molar-refractivity contribution in [3.63, 3.8) is 0 Å².